The minimum atomic E-state index is -0.113. The van der Waals surface area contributed by atoms with Crippen LogP contribution in [0.25, 0.3) is 31.6 Å². The average molecular weight is 401 g/mol. The maximum atomic E-state index is 6.41. The molecule has 0 atom stereocenters. The molecule has 0 aliphatic rings. The number of hydrogen-bond acceptors (Lipinski definition) is 4. The lowest BCUT2D eigenvalue weighted by Crippen LogP contribution is -2.47. The summed E-state index contributed by atoms with van der Waals surface area (Å²) in [6, 6.07) is 0. The van der Waals surface area contributed by atoms with Gasteiger partial charge in [0.1, 0.15) is 54.9 Å². The summed E-state index contributed by atoms with van der Waals surface area (Å²) >= 11 is 13.0. The van der Waals surface area contributed by atoms with Gasteiger partial charge in [0.2, 0.25) is 10.6 Å². The van der Waals surface area contributed by atoms with E-state index in [4.69, 9.17) is 78.1 Å². The molecule has 4 rings (SSSR count). The summed E-state index contributed by atoms with van der Waals surface area (Å²) in [7, 11) is 43.3. The van der Waals surface area contributed by atoms with Gasteiger partial charge in [-0.15, -0.1) is 22.3 Å². The molecule has 2 aromatic carbocycles. The highest BCUT2D eigenvalue weighted by Crippen LogP contribution is 2.30. The smallest absolute Gasteiger partial charge is 0.198 e. The van der Waals surface area contributed by atoms with E-state index in [9.17, 15) is 0 Å². The van der Waals surface area contributed by atoms with E-state index in [2.05, 4.69) is 15.0 Å². The topological polar surface area (TPSA) is 38.7 Å². The summed E-state index contributed by atoms with van der Waals surface area (Å²) in [6.45, 7) is 0. The number of aromatic nitrogens is 3. The van der Waals surface area contributed by atoms with E-state index in [0.717, 1.165) is 0 Å². The zero-order chi connectivity index (χ0) is 20.5. The first-order valence-corrected chi connectivity index (χ1v) is 9.22. The zero-order valence-corrected chi connectivity index (χ0v) is 16.4. The largest absolute Gasteiger partial charge is 0.227 e. The van der Waals surface area contributed by atoms with Crippen molar-refractivity contribution in [2.45, 2.75) is 0 Å². The second kappa shape index (κ2) is 6.89. The van der Waals surface area contributed by atoms with E-state index in [-0.39, 0.29) is 60.2 Å². The molecule has 2 aromatic heterocycles. The van der Waals surface area contributed by atoms with Crippen LogP contribution >= 0.6 is 34.5 Å². The maximum Gasteiger partial charge on any atom is 0.227 e. The highest BCUT2D eigenvalue weighted by Gasteiger charge is 2.21. The minimum Gasteiger partial charge on any atom is -0.198 e. The van der Waals surface area contributed by atoms with E-state index in [1.807, 2.05) is 0 Å². The highest BCUT2D eigenvalue weighted by atomic mass is 35.5. The molecule has 0 amide bonds. The third-order valence-electron chi connectivity index (χ3n) is 4.44. The van der Waals surface area contributed by atoms with Crippen molar-refractivity contribution < 1.29 is 0 Å². The van der Waals surface area contributed by atoms with Crippen molar-refractivity contribution in [2.24, 2.45) is 0 Å². The first-order chi connectivity index (χ1) is 13.1. The Balaban J connectivity index is 2.22. The van der Waals surface area contributed by atoms with Gasteiger partial charge in [0.25, 0.3) is 0 Å². The lowest BCUT2D eigenvalue weighted by molar-refractivity contribution is 1.06. The molecular weight excluding hydrogens is 401 g/mol. The molecule has 4 aromatic rings. The molecule has 0 aliphatic heterocycles. The predicted octanol–water partition coefficient (Wildman–Crippen LogP) is -3.23. The zero-order valence-electron chi connectivity index (χ0n) is 14.0. The molecule has 0 unspecified atom stereocenters. The van der Waals surface area contributed by atoms with Crippen LogP contribution in [0.1, 0.15) is 0 Å². The van der Waals surface area contributed by atoms with Gasteiger partial charge >= 0.3 is 0 Å². The molecule has 14 radical (unpaired) electrons. The molecule has 116 valence electrons. The minimum absolute atomic E-state index is 0.0889. The van der Waals surface area contributed by atoms with Crippen LogP contribution < -0.4 is 38.2 Å². The summed E-state index contributed by atoms with van der Waals surface area (Å²) in [4.78, 5) is 11.8. The number of thiophene rings is 1. The number of benzene rings is 2. The van der Waals surface area contributed by atoms with Crippen molar-refractivity contribution >= 4 is 148 Å². The van der Waals surface area contributed by atoms with Gasteiger partial charge in [-0.05, 0) is 34.0 Å². The van der Waals surface area contributed by atoms with Gasteiger partial charge in [-0.2, -0.15) is 15.0 Å². The van der Waals surface area contributed by atoms with Crippen LogP contribution in [0, 0.1) is 0 Å². The first-order valence-electron chi connectivity index (χ1n) is 7.65. The Labute approximate surface area is 184 Å². The van der Waals surface area contributed by atoms with Crippen molar-refractivity contribution in [3.63, 3.8) is 0 Å². The van der Waals surface area contributed by atoms with Crippen LogP contribution in [0.15, 0.2) is 0 Å². The van der Waals surface area contributed by atoms with Crippen LogP contribution in [0.5, 0.6) is 0 Å². The van der Waals surface area contributed by atoms with Gasteiger partial charge in [-0.25, -0.2) is 0 Å². The molecule has 0 N–H and O–H groups in total. The van der Waals surface area contributed by atoms with E-state index >= 15 is 0 Å². The molecule has 2 heterocycles. The monoisotopic (exact) mass is 401 g/mol. The maximum absolute atomic E-state index is 6.41. The van der Waals surface area contributed by atoms with Crippen molar-refractivity contribution in [1.82, 2.24) is 15.0 Å². The Bertz CT molecular complexity index is 1310. The van der Waals surface area contributed by atoms with Crippen LogP contribution in [-0.2, 0) is 0 Å². The summed E-state index contributed by atoms with van der Waals surface area (Å²) in [5.41, 5.74) is 1.78. The van der Waals surface area contributed by atoms with Crippen LogP contribution in [0.2, 0.25) is 10.6 Å². The summed E-state index contributed by atoms with van der Waals surface area (Å²) in [5, 5.41) is 0.843. The Kier molecular flexibility index (Phi) is 4.92. The second-order valence-corrected chi connectivity index (χ2v) is 7.67. The van der Waals surface area contributed by atoms with Gasteiger partial charge in [0.15, 0.2) is 5.82 Å². The summed E-state index contributed by atoms with van der Waals surface area (Å²) in [6.07, 6.45) is 0. The number of fused-ring (bicyclic) bond motifs is 3. The second-order valence-electron chi connectivity index (χ2n) is 5.98. The standard InChI is InChI=1S/C15B7Cl2N3S/c16-4-1-2-5(17)8(20)9(21)10(22)12(2)28-11(1)7(19)3(6(4)18)13-25-14(23)27-15(24)26-13. The van der Waals surface area contributed by atoms with Crippen molar-refractivity contribution in [1.29, 1.82) is 0 Å². The van der Waals surface area contributed by atoms with Crippen molar-refractivity contribution in [2.75, 3.05) is 0 Å². The summed E-state index contributed by atoms with van der Waals surface area (Å²) < 4.78 is 1.17. The molecule has 3 nitrogen and oxygen atoms in total. The molecule has 0 spiro atoms. The lowest BCUT2D eigenvalue weighted by Gasteiger charge is -2.17. The van der Waals surface area contributed by atoms with E-state index < -0.39 is 0 Å². The van der Waals surface area contributed by atoms with Gasteiger partial charge in [-0.3, -0.25) is 0 Å². The van der Waals surface area contributed by atoms with E-state index in [0.29, 0.717) is 20.2 Å². The number of halogens is 2. The molecule has 0 bridgehead atoms. The van der Waals surface area contributed by atoms with Gasteiger partial charge in [-0.1, -0.05) is 27.3 Å². The van der Waals surface area contributed by atoms with Gasteiger partial charge in [0, 0.05) is 15.0 Å². The third kappa shape index (κ3) is 2.78. The van der Waals surface area contributed by atoms with Crippen molar-refractivity contribution in [3.8, 4) is 11.4 Å². The van der Waals surface area contributed by atoms with Crippen LogP contribution in [-0.4, -0.2) is 69.9 Å². The number of rotatable bonds is 1. The van der Waals surface area contributed by atoms with Gasteiger partial charge in [0.05, 0.1) is 0 Å². The normalized spacial score (nSPS) is 11.5. The number of nitrogens with zero attached hydrogens (tertiary/aromatic N) is 3. The van der Waals surface area contributed by atoms with E-state index in [1.54, 1.807) is 0 Å². The fourth-order valence-electron chi connectivity index (χ4n) is 3.08. The van der Waals surface area contributed by atoms with Crippen molar-refractivity contribution in [3.05, 3.63) is 10.6 Å². The van der Waals surface area contributed by atoms with Crippen LogP contribution in [0.3, 0.4) is 0 Å². The molecule has 0 saturated heterocycles. The Hall–Kier alpha value is -1.30. The highest BCUT2D eigenvalue weighted by molar-refractivity contribution is 7.28. The lowest BCUT2D eigenvalue weighted by atomic mass is 9.64. The molecule has 0 fully saturated rings. The van der Waals surface area contributed by atoms with E-state index in [1.165, 1.54) is 11.3 Å². The molecule has 0 aliphatic carbocycles. The summed E-state index contributed by atoms with van der Waals surface area (Å²) in [5.74, 6) is 0.0889. The predicted molar refractivity (Wildman–Crippen MR) is 126 cm³/mol. The average Bonchev–Trinajstić information content (AvgIpc) is 3.03. The molecular formula is C15B7Cl2N3S. The third-order valence-corrected chi connectivity index (χ3v) is 6.03. The van der Waals surface area contributed by atoms with Gasteiger partial charge < -0.3 is 0 Å². The first kappa shape index (κ1) is 20.0. The molecule has 13 heteroatoms. The molecule has 28 heavy (non-hydrogen) atoms. The molecule has 0 saturated carbocycles. The Morgan fingerprint density at radius 3 is 1.57 bits per heavy atom. The number of hydrogen-bond donors (Lipinski definition) is 0. The quantitative estimate of drug-likeness (QED) is 0.315. The SMILES string of the molecule is [B]c1c([B])c([B])c2c(sc3c([B])c(-c4nc(Cl)nc(Cl)n4)c([B])c([B])c32)c1[B]. The van der Waals surface area contributed by atoms with Crippen LogP contribution in [0.4, 0.5) is 0 Å². The fourth-order valence-corrected chi connectivity index (χ4v) is 4.71. The Morgan fingerprint density at radius 1 is 0.536 bits per heavy atom. The Morgan fingerprint density at radius 2 is 1.00 bits per heavy atom. The fraction of sp³-hybridized carbons (Fsp3) is 0.